The molecule has 0 saturated carbocycles. The van der Waals surface area contributed by atoms with E-state index in [0.717, 1.165) is 48.6 Å². The third-order valence-corrected chi connectivity index (χ3v) is 7.61. The number of amides is 1. The van der Waals surface area contributed by atoms with E-state index in [2.05, 4.69) is 44.8 Å². The number of halogens is 1. The summed E-state index contributed by atoms with van der Waals surface area (Å²) in [5.41, 5.74) is 6.29. The normalized spacial score (nSPS) is 15.0. The Morgan fingerprint density at radius 2 is 2.06 bits per heavy atom. The fourth-order valence-electron chi connectivity index (χ4n) is 4.81. The summed E-state index contributed by atoms with van der Waals surface area (Å²) >= 11 is 7.81. The number of aromatic nitrogens is 3. The molecule has 0 aliphatic heterocycles. The van der Waals surface area contributed by atoms with E-state index in [1.165, 1.54) is 23.0 Å². The van der Waals surface area contributed by atoms with Crippen LogP contribution in [0.2, 0.25) is 5.02 Å². The number of rotatable bonds is 8. The Kier molecular flexibility index (Phi) is 7.70. The van der Waals surface area contributed by atoms with E-state index in [4.69, 9.17) is 21.6 Å². The van der Waals surface area contributed by atoms with Crippen molar-refractivity contribution in [3.05, 3.63) is 110 Å². The van der Waals surface area contributed by atoms with Crippen molar-refractivity contribution in [1.29, 1.82) is 0 Å². The Morgan fingerprint density at radius 3 is 2.89 bits per heavy atom. The SMILES string of the molecule is Cc1nc(CN(Cc2cccc(CNC(=O)c3ccncc3Cl)c2)C2CCCc3cccnc32)cs1. The number of benzene rings is 1. The van der Waals surface area contributed by atoms with Gasteiger partial charge in [0.2, 0.25) is 0 Å². The van der Waals surface area contributed by atoms with Crippen LogP contribution in [0.25, 0.3) is 0 Å². The second-order valence-corrected chi connectivity index (χ2v) is 10.5. The number of nitrogens with zero attached hydrogens (tertiary/aromatic N) is 4. The molecule has 3 aromatic heterocycles. The van der Waals surface area contributed by atoms with Gasteiger partial charge in [0, 0.05) is 43.6 Å². The van der Waals surface area contributed by atoms with Crippen LogP contribution in [0.15, 0.2) is 66.4 Å². The molecule has 1 aliphatic rings. The van der Waals surface area contributed by atoms with Gasteiger partial charge in [-0.2, -0.15) is 0 Å². The predicted octanol–water partition coefficient (Wildman–Crippen LogP) is 5.90. The largest absolute Gasteiger partial charge is 0.348 e. The van der Waals surface area contributed by atoms with Gasteiger partial charge in [-0.15, -0.1) is 11.3 Å². The fraction of sp³-hybridized carbons (Fsp3) is 0.286. The van der Waals surface area contributed by atoms with E-state index in [9.17, 15) is 4.79 Å². The minimum absolute atomic E-state index is 0.210. The molecule has 0 bridgehead atoms. The fourth-order valence-corrected chi connectivity index (χ4v) is 5.62. The van der Waals surface area contributed by atoms with Crippen molar-refractivity contribution in [1.82, 2.24) is 25.2 Å². The van der Waals surface area contributed by atoms with Crippen LogP contribution in [0.4, 0.5) is 0 Å². The number of aryl methyl sites for hydroxylation is 2. The lowest BCUT2D eigenvalue weighted by Gasteiger charge is -2.34. The molecule has 3 heterocycles. The van der Waals surface area contributed by atoms with Crippen molar-refractivity contribution >= 4 is 28.8 Å². The van der Waals surface area contributed by atoms with Crippen LogP contribution in [-0.2, 0) is 26.1 Å². The molecule has 184 valence electrons. The van der Waals surface area contributed by atoms with Crippen LogP contribution >= 0.6 is 22.9 Å². The second-order valence-electron chi connectivity index (χ2n) is 9.08. The number of hydrogen-bond acceptors (Lipinski definition) is 6. The molecule has 1 N–H and O–H groups in total. The summed E-state index contributed by atoms with van der Waals surface area (Å²) in [6, 6.07) is 14.5. The maximum absolute atomic E-state index is 12.6. The Hall–Kier alpha value is -3.13. The van der Waals surface area contributed by atoms with Crippen molar-refractivity contribution in [2.24, 2.45) is 0 Å². The van der Waals surface area contributed by atoms with Gasteiger partial charge in [0.05, 0.1) is 33.0 Å². The van der Waals surface area contributed by atoms with Gasteiger partial charge in [-0.05, 0) is 55.0 Å². The lowest BCUT2D eigenvalue weighted by atomic mass is 9.90. The smallest absolute Gasteiger partial charge is 0.253 e. The first-order chi connectivity index (χ1) is 17.6. The van der Waals surface area contributed by atoms with Gasteiger partial charge in [0.1, 0.15) is 0 Å². The summed E-state index contributed by atoms with van der Waals surface area (Å²) in [6.45, 7) is 4.01. The van der Waals surface area contributed by atoms with Crippen LogP contribution < -0.4 is 5.32 Å². The molecule has 1 amide bonds. The van der Waals surface area contributed by atoms with Crippen molar-refractivity contribution in [2.45, 2.75) is 51.9 Å². The van der Waals surface area contributed by atoms with E-state index < -0.39 is 0 Å². The van der Waals surface area contributed by atoms with Gasteiger partial charge in [-0.1, -0.05) is 41.9 Å². The number of hydrogen-bond donors (Lipinski definition) is 1. The number of carbonyl (C=O) groups excluding carboxylic acids is 1. The average molecular weight is 518 g/mol. The Balaban J connectivity index is 1.34. The molecule has 1 aromatic carbocycles. The lowest BCUT2D eigenvalue weighted by molar-refractivity contribution is 0.0951. The highest BCUT2D eigenvalue weighted by atomic mass is 35.5. The van der Waals surface area contributed by atoms with Crippen molar-refractivity contribution in [3.8, 4) is 0 Å². The summed E-state index contributed by atoms with van der Waals surface area (Å²) < 4.78 is 0. The monoisotopic (exact) mass is 517 g/mol. The Bertz CT molecular complexity index is 1360. The molecule has 1 atom stereocenters. The molecule has 36 heavy (non-hydrogen) atoms. The topological polar surface area (TPSA) is 71.0 Å². The average Bonchev–Trinajstić information content (AvgIpc) is 3.31. The van der Waals surface area contributed by atoms with E-state index in [-0.39, 0.29) is 11.9 Å². The van der Waals surface area contributed by atoms with E-state index in [0.29, 0.717) is 17.1 Å². The van der Waals surface area contributed by atoms with Gasteiger partial charge in [0.15, 0.2) is 0 Å². The standard InChI is InChI=1S/C28H28ClN5OS/c1-19-33-23(18-36-19)17-34(26-9-3-7-22-8-4-11-31-27(22)26)16-21-6-2-5-20(13-21)14-32-28(35)24-10-12-30-15-25(24)29/h2,4-6,8,10-13,15,18,26H,3,7,9,14,16-17H2,1H3,(H,32,35). The lowest BCUT2D eigenvalue weighted by Crippen LogP contribution is -2.31. The summed E-state index contributed by atoms with van der Waals surface area (Å²) in [6.07, 6.45) is 8.27. The maximum Gasteiger partial charge on any atom is 0.253 e. The van der Waals surface area contributed by atoms with Crippen molar-refractivity contribution in [3.63, 3.8) is 0 Å². The number of nitrogens with one attached hydrogen (secondary N) is 1. The number of fused-ring (bicyclic) bond motifs is 1. The number of carbonyl (C=O) groups is 1. The molecule has 0 radical (unpaired) electrons. The van der Waals surface area contributed by atoms with E-state index in [1.807, 2.05) is 25.3 Å². The quantitative estimate of drug-likeness (QED) is 0.315. The minimum atomic E-state index is -0.210. The molecule has 1 unspecified atom stereocenters. The highest BCUT2D eigenvalue weighted by Gasteiger charge is 2.28. The summed E-state index contributed by atoms with van der Waals surface area (Å²) in [5, 5.41) is 6.55. The van der Waals surface area contributed by atoms with Crippen LogP contribution in [0.1, 0.15) is 62.3 Å². The third kappa shape index (κ3) is 5.81. The summed E-state index contributed by atoms with van der Waals surface area (Å²) in [4.78, 5) is 28.6. The zero-order chi connectivity index (χ0) is 24.9. The van der Waals surface area contributed by atoms with Crippen molar-refractivity contribution in [2.75, 3.05) is 0 Å². The van der Waals surface area contributed by atoms with Crippen LogP contribution in [0, 0.1) is 6.92 Å². The van der Waals surface area contributed by atoms with Crippen LogP contribution in [0.3, 0.4) is 0 Å². The molecule has 5 rings (SSSR count). The molecule has 4 aromatic rings. The first-order valence-electron chi connectivity index (χ1n) is 12.1. The van der Waals surface area contributed by atoms with Gasteiger partial charge < -0.3 is 5.32 Å². The van der Waals surface area contributed by atoms with E-state index >= 15 is 0 Å². The molecule has 1 aliphatic carbocycles. The summed E-state index contributed by atoms with van der Waals surface area (Å²) in [5.74, 6) is -0.210. The molecule has 0 spiro atoms. The van der Waals surface area contributed by atoms with Gasteiger partial charge in [-0.25, -0.2) is 4.98 Å². The van der Waals surface area contributed by atoms with Gasteiger partial charge >= 0.3 is 0 Å². The molecular weight excluding hydrogens is 490 g/mol. The molecule has 0 fully saturated rings. The number of thiazole rings is 1. The zero-order valence-electron chi connectivity index (χ0n) is 20.2. The first-order valence-corrected chi connectivity index (χ1v) is 13.4. The Morgan fingerprint density at radius 1 is 1.17 bits per heavy atom. The molecule has 6 nitrogen and oxygen atoms in total. The minimum Gasteiger partial charge on any atom is -0.348 e. The highest BCUT2D eigenvalue weighted by Crippen LogP contribution is 2.35. The van der Waals surface area contributed by atoms with Gasteiger partial charge in [0.25, 0.3) is 5.91 Å². The Labute approximate surface area is 220 Å². The second kappa shape index (κ2) is 11.3. The molecular formula is C28H28ClN5OS. The van der Waals surface area contributed by atoms with Crippen molar-refractivity contribution < 1.29 is 4.79 Å². The van der Waals surface area contributed by atoms with Gasteiger partial charge in [-0.3, -0.25) is 19.7 Å². The first kappa shape index (κ1) is 24.6. The number of pyridine rings is 2. The zero-order valence-corrected chi connectivity index (χ0v) is 21.7. The highest BCUT2D eigenvalue weighted by molar-refractivity contribution is 7.09. The van der Waals surface area contributed by atoms with Crippen LogP contribution in [-0.4, -0.2) is 25.8 Å². The third-order valence-electron chi connectivity index (χ3n) is 6.49. The maximum atomic E-state index is 12.6. The van der Waals surface area contributed by atoms with Crippen LogP contribution in [0.5, 0.6) is 0 Å². The molecule has 8 heteroatoms. The summed E-state index contributed by atoms with van der Waals surface area (Å²) in [7, 11) is 0. The molecule has 0 saturated heterocycles. The predicted molar refractivity (Wildman–Crippen MR) is 143 cm³/mol. The van der Waals surface area contributed by atoms with E-state index in [1.54, 1.807) is 23.6 Å².